The van der Waals surface area contributed by atoms with Crippen molar-refractivity contribution in [2.24, 2.45) is 5.41 Å². The predicted molar refractivity (Wildman–Crippen MR) is 90.7 cm³/mol. The molecule has 0 aliphatic carbocycles. The van der Waals surface area contributed by atoms with Crippen molar-refractivity contribution in [3.63, 3.8) is 0 Å². The van der Waals surface area contributed by atoms with E-state index in [-0.39, 0.29) is 5.75 Å². The molecule has 0 fully saturated rings. The van der Waals surface area contributed by atoms with Gasteiger partial charge < -0.3 is 4.79 Å². The van der Waals surface area contributed by atoms with Crippen LogP contribution < -0.4 is 0 Å². The molecular formula is C18H26O3S. The third-order valence-corrected chi connectivity index (χ3v) is 5.84. The Kier molecular flexibility index (Phi) is 7.01. The number of hydrogen-bond acceptors (Lipinski definition) is 3. The van der Waals surface area contributed by atoms with Gasteiger partial charge in [-0.2, -0.15) is 0 Å². The van der Waals surface area contributed by atoms with Gasteiger partial charge in [0, 0.05) is 5.41 Å². The average Bonchev–Trinajstić information content (AvgIpc) is 2.50. The summed E-state index contributed by atoms with van der Waals surface area (Å²) < 4.78 is 25.3. The molecule has 0 saturated carbocycles. The molecule has 22 heavy (non-hydrogen) atoms. The van der Waals surface area contributed by atoms with Gasteiger partial charge in [0.25, 0.3) is 0 Å². The molecule has 0 aliphatic rings. The molecule has 0 bridgehead atoms. The molecule has 1 aromatic rings. The van der Waals surface area contributed by atoms with Crippen LogP contribution in [0.5, 0.6) is 0 Å². The van der Waals surface area contributed by atoms with Gasteiger partial charge in [0.2, 0.25) is 0 Å². The number of sulfone groups is 1. The number of allylic oxidation sites excluding steroid dienone is 2. The van der Waals surface area contributed by atoms with Gasteiger partial charge in [-0.25, -0.2) is 8.42 Å². The molecule has 0 heterocycles. The molecule has 0 spiro atoms. The second-order valence-corrected chi connectivity index (χ2v) is 7.92. The van der Waals surface area contributed by atoms with Crippen LogP contribution >= 0.6 is 0 Å². The van der Waals surface area contributed by atoms with Crippen molar-refractivity contribution in [1.82, 2.24) is 0 Å². The summed E-state index contributed by atoms with van der Waals surface area (Å²) in [6.45, 7) is 5.84. The van der Waals surface area contributed by atoms with E-state index in [0.29, 0.717) is 17.7 Å². The summed E-state index contributed by atoms with van der Waals surface area (Å²) in [5.41, 5.74) is 0.187. The van der Waals surface area contributed by atoms with E-state index in [4.69, 9.17) is 0 Å². The molecule has 122 valence electrons. The quantitative estimate of drug-likeness (QED) is 0.508. The van der Waals surface area contributed by atoms with Crippen LogP contribution in [0, 0.1) is 12.3 Å². The van der Waals surface area contributed by atoms with Gasteiger partial charge in [-0.3, -0.25) is 0 Å². The topological polar surface area (TPSA) is 51.2 Å². The first-order valence-corrected chi connectivity index (χ1v) is 9.41. The Morgan fingerprint density at radius 2 is 1.82 bits per heavy atom. The van der Waals surface area contributed by atoms with Crippen molar-refractivity contribution in [3.8, 4) is 0 Å². The molecule has 0 N–H and O–H groups in total. The van der Waals surface area contributed by atoms with Gasteiger partial charge in [-0.15, -0.1) is 0 Å². The van der Waals surface area contributed by atoms with Crippen molar-refractivity contribution in [3.05, 3.63) is 42.0 Å². The summed E-state index contributed by atoms with van der Waals surface area (Å²) in [5.74, 6) is -0.128. The Morgan fingerprint density at radius 1 is 1.18 bits per heavy atom. The van der Waals surface area contributed by atoms with Crippen molar-refractivity contribution < 1.29 is 13.2 Å². The predicted octanol–water partition coefficient (Wildman–Crippen LogP) is 4.11. The third kappa shape index (κ3) is 5.09. The lowest BCUT2D eigenvalue weighted by Gasteiger charge is -2.26. The summed E-state index contributed by atoms with van der Waals surface area (Å²) in [6.07, 6.45) is 7.45. The van der Waals surface area contributed by atoms with Crippen LogP contribution in [0.2, 0.25) is 0 Å². The molecule has 3 nitrogen and oxygen atoms in total. The largest absolute Gasteiger partial charge is 0.303 e. The minimum Gasteiger partial charge on any atom is -0.303 e. The Balaban J connectivity index is 3.09. The van der Waals surface area contributed by atoms with Crippen LogP contribution in [0.25, 0.3) is 0 Å². The molecule has 1 aromatic carbocycles. The number of benzene rings is 1. The van der Waals surface area contributed by atoms with E-state index >= 15 is 0 Å². The van der Waals surface area contributed by atoms with Crippen LogP contribution in [-0.2, 0) is 14.6 Å². The Hall–Kier alpha value is -1.42. The monoisotopic (exact) mass is 322 g/mol. The fourth-order valence-electron chi connectivity index (χ4n) is 2.46. The van der Waals surface area contributed by atoms with E-state index in [1.807, 2.05) is 32.9 Å². The molecule has 0 saturated heterocycles. The van der Waals surface area contributed by atoms with E-state index in [2.05, 4.69) is 0 Å². The number of hydrogen-bond donors (Lipinski definition) is 0. The number of carbonyl (C=O) groups is 1. The first-order chi connectivity index (χ1) is 10.4. The maximum absolute atomic E-state index is 12.7. The average molecular weight is 322 g/mol. The molecule has 1 atom stereocenters. The van der Waals surface area contributed by atoms with Crippen LogP contribution in [0.1, 0.15) is 45.1 Å². The van der Waals surface area contributed by atoms with Crippen molar-refractivity contribution in [2.45, 2.75) is 51.3 Å². The van der Waals surface area contributed by atoms with Crippen LogP contribution in [0.3, 0.4) is 0 Å². The highest BCUT2D eigenvalue weighted by atomic mass is 32.2. The molecule has 0 radical (unpaired) electrons. The third-order valence-electron chi connectivity index (χ3n) is 3.90. The number of aldehydes is 1. The Bertz CT molecular complexity index is 600. The van der Waals surface area contributed by atoms with Gasteiger partial charge in [-0.05, 0) is 38.8 Å². The van der Waals surface area contributed by atoms with E-state index in [1.165, 1.54) is 0 Å². The number of carbonyl (C=O) groups excluding carboxylic acids is 1. The summed E-state index contributed by atoms with van der Waals surface area (Å²) in [6, 6.07) is 6.81. The van der Waals surface area contributed by atoms with Crippen LogP contribution in [-0.4, -0.2) is 20.5 Å². The normalized spacial score (nSPS) is 14.9. The molecule has 0 aromatic heterocycles. The summed E-state index contributed by atoms with van der Waals surface area (Å²) in [5, 5.41) is 0. The summed E-state index contributed by atoms with van der Waals surface area (Å²) in [4.78, 5) is 12.0. The van der Waals surface area contributed by atoms with Gasteiger partial charge in [0.05, 0.1) is 10.6 Å². The van der Waals surface area contributed by atoms with Crippen molar-refractivity contribution in [1.29, 1.82) is 0 Å². The molecule has 1 rings (SSSR count). The van der Waals surface area contributed by atoms with E-state index in [1.54, 1.807) is 24.3 Å². The summed E-state index contributed by atoms with van der Waals surface area (Å²) >= 11 is 0. The Labute approximate surface area is 134 Å². The highest BCUT2D eigenvalue weighted by molar-refractivity contribution is 7.91. The molecule has 1 unspecified atom stereocenters. The standard InChI is InChI=1S/C18H26O3S/c1-4-6-12-18(14-19,13-7-5-2)15-22(20,21)17-10-8-16(3)9-11-17/h4,6,8-11,14H,5,7,12-13,15H2,1-3H3. The smallest absolute Gasteiger partial charge is 0.179 e. The van der Waals surface area contributed by atoms with Crippen molar-refractivity contribution in [2.75, 3.05) is 5.75 Å². The number of unbranched alkanes of at least 4 members (excludes halogenated alkanes) is 1. The van der Waals surface area contributed by atoms with Gasteiger partial charge in [0.15, 0.2) is 9.84 Å². The van der Waals surface area contributed by atoms with Crippen LogP contribution in [0.15, 0.2) is 41.3 Å². The van der Waals surface area contributed by atoms with E-state index < -0.39 is 15.3 Å². The lowest BCUT2D eigenvalue weighted by Crippen LogP contribution is -2.31. The minimum atomic E-state index is -3.47. The second-order valence-electron chi connectivity index (χ2n) is 5.93. The van der Waals surface area contributed by atoms with E-state index in [0.717, 1.165) is 24.7 Å². The van der Waals surface area contributed by atoms with Gasteiger partial charge >= 0.3 is 0 Å². The zero-order chi connectivity index (χ0) is 16.6. The van der Waals surface area contributed by atoms with E-state index in [9.17, 15) is 13.2 Å². The SMILES string of the molecule is CC=CCC(C=O)(CCCC)CS(=O)(=O)c1ccc(C)cc1. The zero-order valence-electron chi connectivity index (χ0n) is 13.7. The molecule has 0 aliphatic heterocycles. The maximum atomic E-state index is 12.7. The molecular weight excluding hydrogens is 296 g/mol. The molecule has 4 heteroatoms. The fourth-order valence-corrected chi connectivity index (χ4v) is 4.27. The fraction of sp³-hybridized carbons (Fsp3) is 0.500. The van der Waals surface area contributed by atoms with Crippen LogP contribution in [0.4, 0.5) is 0 Å². The minimum absolute atomic E-state index is 0.128. The highest BCUT2D eigenvalue weighted by Crippen LogP contribution is 2.31. The van der Waals surface area contributed by atoms with Gasteiger partial charge in [0.1, 0.15) is 6.29 Å². The zero-order valence-corrected chi connectivity index (χ0v) is 14.5. The van der Waals surface area contributed by atoms with Gasteiger partial charge in [-0.1, -0.05) is 49.6 Å². The first kappa shape index (κ1) is 18.6. The molecule has 0 amide bonds. The number of rotatable bonds is 9. The Morgan fingerprint density at radius 3 is 2.32 bits per heavy atom. The lowest BCUT2D eigenvalue weighted by atomic mass is 9.83. The maximum Gasteiger partial charge on any atom is 0.179 e. The second kappa shape index (κ2) is 8.28. The number of aryl methyl sites for hydroxylation is 1. The highest BCUT2D eigenvalue weighted by Gasteiger charge is 2.34. The summed E-state index contributed by atoms with van der Waals surface area (Å²) in [7, 11) is -3.47. The first-order valence-electron chi connectivity index (χ1n) is 7.76. The lowest BCUT2D eigenvalue weighted by molar-refractivity contribution is -0.115. The van der Waals surface area contributed by atoms with Crippen molar-refractivity contribution >= 4 is 16.1 Å².